The third-order valence-electron chi connectivity index (χ3n) is 6.37. The number of halogens is 1. The lowest BCUT2D eigenvalue weighted by Gasteiger charge is -2.45. The topological polar surface area (TPSA) is 42.3 Å². The summed E-state index contributed by atoms with van der Waals surface area (Å²) in [6.07, 6.45) is 5.69. The first-order valence-electron chi connectivity index (χ1n) is 10.2. The van der Waals surface area contributed by atoms with Gasteiger partial charge < -0.3 is 4.90 Å². The molecule has 1 saturated carbocycles. The second kappa shape index (κ2) is 7.82. The highest BCUT2D eigenvalue weighted by Crippen LogP contribution is 2.38. The minimum atomic E-state index is -0.313. The Morgan fingerprint density at radius 2 is 1.96 bits per heavy atom. The molecule has 1 aliphatic heterocycles. The van der Waals surface area contributed by atoms with Crippen LogP contribution in [0.15, 0.2) is 29.1 Å². The maximum absolute atomic E-state index is 13.3. The Labute approximate surface area is 169 Å². The van der Waals surface area contributed by atoms with Crippen LogP contribution < -0.4 is 4.87 Å². The van der Waals surface area contributed by atoms with Crippen molar-refractivity contribution in [2.45, 2.75) is 58.5 Å². The number of amides is 1. The Morgan fingerprint density at radius 1 is 1.21 bits per heavy atom. The molecular formula is C22H27FN2O2S. The lowest BCUT2D eigenvalue weighted by atomic mass is 9.74. The third-order valence-corrected chi connectivity index (χ3v) is 7.27. The van der Waals surface area contributed by atoms with Crippen LogP contribution in [0.25, 0.3) is 11.3 Å². The van der Waals surface area contributed by atoms with Crippen LogP contribution >= 0.6 is 11.3 Å². The number of likely N-dealkylation sites (tertiary alicyclic amines) is 1. The molecule has 0 unspecified atom stereocenters. The van der Waals surface area contributed by atoms with E-state index in [1.165, 1.54) is 31.4 Å². The minimum Gasteiger partial charge on any atom is -0.338 e. The van der Waals surface area contributed by atoms with Gasteiger partial charge in [-0.15, -0.1) is 0 Å². The fourth-order valence-electron chi connectivity index (χ4n) is 5.05. The van der Waals surface area contributed by atoms with Gasteiger partial charge in [0.25, 0.3) is 0 Å². The van der Waals surface area contributed by atoms with Crippen LogP contribution in [0.5, 0.6) is 0 Å². The Balaban J connectivity index is 1.60. The van der Waals surface area contributed by atoms with Crippen LogP contribution in [0.4, 0.5) is 4.39 Å². The molecule has 2 aromatic rings. The molecule has 1 amide bonds. The Bertz CT molecular complexity index is 918. The summed E-state index contributed by atoms with van der Waals surface area (Å²) < 4.78 is 14.9. The summed E-state index contributed by atoms with van der Waals surface area (Å²) >= 11 is 1.15. The molecule has 1 aromatic heterocycles. The van der Waals surface area contributed by atoms with E-state index in [9.17, 15) is 14.0 Å². The Morgan fingerprint density at radius 3 is 2.71 bits per heavy atom. The largest absolute Gasteiger partial charge is 0.338 e. The molecule has 4 rings (SSSR count). The summed E-state index contributed by atoms with van der Waals surface area (Å²) in [6, 6.07) is 6.44. The zero-order valence-corrected chi connectivity index (χ0v) is 17.3. The van der Waals surface area contributed by atoms with Crippen LogP contribution in [-0.4, -0.2) is 28.0 Å². The first kappa shape index (κ1) is 19.4. The lowest BCUT2D eigenvalue weighted by Crippen LogP contribution is -2.51. The Kier molecular flexibility index (Phi) is 5.41. The number of nitrogens with zero attached hydrogens (tertiary/aromatic N) is 2. The zero-order valence-electron chi connectivity index (χ0n) is 16.5. The molecule has 2 fully saturated rings. The summed E-state index contributed by atoms with van der Waals surface area (Å²) in [4.78, 5) is 28.6. The average Bonchev–Trinajstić information content (AvgIpc) is 2.95. The quantitative estimate of drug-likeness (QED) is 0.761. The van der Waals surface area contributed by atoms with Gasteiger partial charge >= 0.3 is 4.87 Å². The summed E-state index contributed by atoms with van der Waals surface area (Å²) in [5, 5.41) is 0. The van der Waals surface area contributed by atoms with Crippen molar-refractivity contribution in [1.82, 2.24) is 9.47 Å². The number of aryl methyl sites for hydroxylation is 1. The van der Waals surface area contributed by atoms with Gasteiger partial charge in [-0.05, 0) is 80.7 Å². The van der Waals surface area contributed by atoms with Crippen LogP contribution in [-0.2, 0) is 11.3 Å². The van der Waals surface area contributed by atoms with Gasteiger partial charge in [-0.1, -0.05) is 18.3 Å². The van der Waals surface area contributed by atoms with Crippen LogP contribution in [0, 0.1) is 24.6 Å². The van der Waals surface area contributed by atoms with Crippen LogP contribution in [0.2, 0.25) is 0 Å². The number of piperidine rings is 1. The van der Waals surface area contributed by atoms with E-state index >= 15 is 0 Å². The van der Waals surface area contributed by atoms with Crippen LogP contribution in [0.1, 0.15) is 43.9 Å². The Hall–Kier alpha value is -1.95. The van der Waals surface area contributed by atoms with Gasteiger partial charge in [0.1, 0.15) is 12.4 Å². The number of carbonyl (C=O) groups excluding carboxylic acids is 1. The van der Waals surface area contributed by atoms with Gasteiger partial charge in [-0.25, -0.2) is 4.39 Å². The molecule has 0 N–H and O–H groups in total. The molecule has 0 spiro atoms. The normalized spacial score (nSPS) is 24.8. The van der Waals surface area contributed by atoms with Gasteiger partial charge in [0.15, 0.2) is 0 Å². The standard InChI is InChI=1S/C22H27FN2O2S/c1-14-5-10-19-17(12-14)4-3-11-24(19)20(26)13-25-21(15(2)28-22(25)27)16-6-8-18(23)9-7-16/h6-9,14,17,19H,3-5,10-13H2,1-2H3/t14-,17-,19+/m1/s1. The lowest BCUT2D eigenvalue weighted by molar-refractivity contribution is -0.138. The van der Waals surface area contributed by atoms with E-state index in [4.69, 9.17) is 0 Å². The van der Waals surface area contributed by atoms with Crippen molar-refractivity contribution < 1.29 is 9.18 Å². The van der Waals surface area contributed by atoms with E-state index < -0.39 is 0 Å². The van der Waals surface area contributed by atoms with Crippen molar-refractivity contribution in [2.24, 2.45) is 11.8 Å². The highest BCUT2D eigenvalue weighted by atomic mass is 32.1. The van der Waals surface area contributed by atoms with Gasteiger partial charge in [-0.2, -0.15) is 0 Å². The van der Waals surface area contributed by atoms with Gasteiger partial charge in [0, 0.05) is 17.5 Å². The summed E-state index contributed by atoms with van der Waals surface area (Å²) in [5.41, 5.74) is 1.50. The monoisotopic (exact) mass is 402 g/mol. The summed E-state index contributed by atoms with van der Waals surface area (Å²) in [5.74, 6) is 1.06. The molecule has 150 valence electrons. The number of fused-ring (bicyclic) bond motifs is 1. The van der Waals surface area contributed by atoms with Crippen molar-refractivity contribution >= 4 is 17.2 Å². The maximum atomic E-state index is 13.3. The molecule has 0 bridgehead atoms. The van der Waals surface area contributed by atoms with Crippen molar-refractivity contribution in [2.75, 3.05) is 6.54 Å². The van der Waals surface area contributed by atoms with Crippen molar-refractivity contribution in [3.05, 3.63) is 44.6 Å². The SMILES string of the molecule is Cc1sc(=O)n(CC(=O)N2CCC[C@@H]3C[C@H](C)CC[C@@H]32)c1-c1ccc(F)cc1. The summed E-state index contributed by atoms with van der Waals surface area (Å²) in [6.45, 7) is 5.04. The smallest absolute Gasteiger partial charge is 0.308 e. The van der Waals surface area contributed by atoms with E-state index in [-0.39, 0.29) is 23.1 Å². The minimum absolute atomic E-state index is 0.0347. The summed E-state index contributed by atoms with van der Waals surface area (Å²) in [7, 11) is 0. The van der Waals surface area contributed by atoms with E-state index in [0.717, 1.165) is 52.8 Å². The van der Waals surface area contributed by atoms with E-state index in [0.29, 0.717) is 12.0 Å². The van der Waals surface area contributed by atoms with E-state index in [2.05, 4.69) is 6.92 Å². The van der Waals surface area contributed by atoms with Crippen molar-refractivity contribution in [1.29, 1.82) is 0 Å². The molecule has 1 saturated heterocycles. The average molecular weight is 403 g/mol. The number of benzene rings is 1. The number of carbonyl (C=O) groups is 1. The molecule has 2 heterocycles. The van der Waals surface area contributed by atoms with Gasteiger partial charge in [-0.3, -0.25) is 14.2 Å². The number of aromatic nitrogens is 1. The number of hydrogen-bond acceptors (Lipinski definition) is 3. The molecule has 28 heavy (non-hydrogen) atoms. The first-order valence-corrected chi connectivity index (χ1v) is 11.0. The number of rotatable bonds is 3. The van der Waals surface area contributed by atoms with E-state index in [1.807, 2.05) is 11.8 Å². The molecule has 2 aliphatic rings. The molecule has 4 nitrogen and oxygen atoms in total. The molecule has 1 aliphatic carbocycles. The number of thiazole rings is 1. The maximum Gasteiger partial charge on any atom is 0.308 e. The zero-order chi connectivity index (χ0) is 19.8. The molecule has 0 radical (unpaired) electrons. The molecule has 3 atom stereocenters. The first-order chi connectivity index (χ1) is 13.4. The van der Waals surface area contributed by atoms with Crippen LogP contribution in [0.3, 0.4) is 0 Å². The van der Waals surface area contributed by atoms with Crippen molar-refractivity contribution in [3.63, 3.8) is 0 Å². The van der Waals surface area contributed by atoms with Crippen molar-refractivity contribution in [3.8, 4) is 11.3 Å². The fourth-order valence-corrected chi connectivity index (χ4v) is 5.91. The highest BCUT2D eigenvalue weighted by molar-refractivity contribution is 7.09. The molecule has 6 heteroatoms. The predicted octanol–water partition coefficient (Wildman–Crippen LogP) is 4.45. The van der Waals surface area contributed by atoms with Gasteiger partial charge in [0.05, 0.1) is 5.69 Å². The second-order valence-electron chi connectivity index (χ2n) is 8.34. The van der Waals surface area contributed by atoms with E-state index in [1.54, 1.807) is 16.7 Å². The van der Waals surface area contributed by atoms with Gasteiger partial charge in [0.2, 0.25) is 5.91 Å². The second-order valence-corrected chi connectivity index (χ2v) is 9.51. The molecule has 1 aromatic carbocycles. The fraction of sp³-hybridized carbons (Fsp3) is 0.545. The molecular weight excluding hydrogens is 375 g/mol. The number of hydrogen-bond donors (Lipinski definition) is 0. The highest BCUT2D eigenvalue weighted by Gasteiger charge is 2.37. The third kappa shape index (κ3) is 3.66. The predicted molar refractivity (Wildman–Crippen MR) is 110 cm³/mol.